The third-order valence-electron chi connectivity index (χ3n) is 4.68. The Morgan fingerprint density at radius 3 is 2.83 bits per heavy atom. The highest BCUT2D eigenvalue weighted by atomic mass is 16.5. The van der Waals surface area contributed by atoms with Crippen molar-refractivity contribution in [3.05, 3.63) is 12.2 Å². The molecular formula is C16H26O2. The van der Waals surface area contributed by atoms with Crippen molar-refractivity contribution in [1.82, 2.24) is 0 Å². The van der Waals surface area contributed by atoms with Gasteiger partial charge < -0.3 is 4.74 Å². The number of fused-ring (bicyclic) bond motifs is 2. The summed E-state index contributed by atoms with van der Waals surface area (Å²) in [7, 11) is 0. The van der Waals surface area contributed by atoms with E-state index in [0.29, 0.717) is 18.4 Å². The van der Waals surface area contributed by atoms with Crippen LogP contribution in [0.1, 0.15) is 58.8 Å². The molecule has 2 bridgehead atoms. The molecule has 0 amide bonds. The van der Waals surface area contributed by atoms with Crippen molar-refractivity contribution in [2.45, 2.75) is 58.8 Å². The molecule has 3 atom stereocenters. The molecule has 0 spiro atoms. The molecule has 3 unspecified atom stereocenters. The lowest BCUT2D eigenvalue weighted by Crippen LogP contribution is -2.28. The van der Waals surface area contributed by atoms with E-state index in [4.69, 9.17) is 4.74 Å². The van der Waals surface area contributed by atoms with Crippen LogP contribution in [0.5, 0.6) is 0 Å². The minimum atomic E-state index is -0.242. The lowest BCUT2D eigenvalue weighted by molar-refractivity contribution is -0.154. The van der Waals surface area contributed by atoms with Crippen molar-refractivity contribution in [1.29, 1.82) is 0 Å². The number of carbonyl (C=O) groups excluding carboxylic acids is 1. The Morgan fingerprint density at radius 2 is 2.33 bits per heavy atom. The molecule has 18 heavy (non-hydrogen) atoms. The molecule has 1 fully saturated rings. The molecule has 0 heterocycles. The predicted octanol–water partition coefficient (Wildman–Crippen LogP) is 4.10. The lowest BCUT2D eigenvalue weighted by Gasteiger charge is -2.23. The van der Waals surface area contributed by atoms with Gasteiger partial charge in [-0.1, -0.05) is 45.3 Å². The fourth-order valence-electron chi connectivity index (χ4n) is 3.24. The van der Waals surface area contributed by atoms with Crippen LogP contribution in [-0.4, -0.2) is 12.6 Å². The minimum absolute atomic E-state index is 0.0358. The Labute approximate surface area is 111 Å². The molecule has 0 radical (unpaired) electrons. The van der Waals surface area contributed by atoms with E-state index >= 15 is 0 Å². The van der Waals surface area contributed by atoms with Crippen molar-refractivity contribution in [2.24, 2.45) is 17.3 Å². The van der Waals surface area contributed by atoms with E-state index in [1.54, 1.807) is 0 Å². The van der Waals surface area contributed by atoms with Crippen LogP contribution < -0.4 is 0 Å². The molecule has 0 aliphatic heterocycles. The average Bonchev–Trinajstić information content (AvgIpc) is 3.00. The van der Waals surface area contributed by atoms with Gasteiger partial charge in [-0.2, -0.15) is 0 Å². The highest BCUT2D eigenvalue weighted by Gasteiger charge is 2.47. The standard InChI is InChI=1S/C16H26O2/c1-3-5-6-13(4-2)12-18-15(17)16-9-7-14(11-16)8-10-16/h7,9,13-14H,3-6,8,10-12H2,1-2H3. The van der Waals surface area contributed by atoms with E-state index in [1.165, 1.54) is 25.7 Å². The molecule has 0 aromatic carbocycles. The van der Waals surface area contributed by atoms with Crippen molar-refractivity contribution in [3.8, 4) is 0 Å². The Bertz CT molecular complexity index is 321. The summed E-state index contributed by atoms with van der Waals surface area (Å²) < 4.78 is 5.61. The SMILES string of the molecule is CCCCC(CC)COC(=O)C12C=CC(CC1)C2. The predicted molar refractivity (Wildman–Crippen MR) is 73.2 cm³/mol. The van der Waals surface area contributed by atoms with Crippen molar-refractivity contribution < 1.29 is 9.53 Å². The Balaban J connectivity index is 1.79. The summed E-state index contributed by atoms with van der Waals surface area (Å²) in [6, 6.07) is 0. The van der Waals surface area contributed by atoms with Gasteiger partial charge in [-0.25, -0.2) is 0 Å². The van der Waals surface area contributed by atoms with Gasteiger partial charge >= 0.3 is 5.97 Å². The second-order valence-electron chi connectivity index (χ2n) is 6.03. The molecule has 2 rings (SSSR count). The number of allylic oxidation sites excluding steroid dienone is 1. The third kappa shape index (κ3) is 2.78. The zero-order valence-electron chi connectivity index (χ0n) is 11.8. The monoisotopic (exact) mass is 250 g/mol. The van der Waals surface area contributed by atoms with Crippen LogP contribution in [0.25, 0.3) is 0 Å². The first-order chi connectivity index (χ1) is 8.70. The Morgan fingerprint density at radius 1 is 1.50 bits per heavy atom. The summed E-state index contributed by atoms with van der Waals surface area (Å²) in [6.07, 6.45) is 12.2. The van der Waals surface area contributed by atoms with Gasteiger partial charge in [0, 0.05) is 0 Å². The highest BCUT2D eigenvalue weighted by molar-refractivity contribution is 5.80. The largest absolute Gasteiger partial charge is 0.465 e. The first-order valence-electron chi connectivity index (χ1n) is 7.56. The number of hydrogen-bond donors (Lipinski definition) is 0. The Hall–Kier alpha value is -0.790. The molecule has 0 aromatic rings. The van der Waals surface area contributed by atoms with E-state index in [0.717, 1.165) is 19.3 Å². The summed E-state index contributed by atoms with van der Waals surface area (Å²) in [6.45, 7) is 5.02. The van der Waals surface area contributed by atoms with Gasteiger partial charge in [-0.3, -0.25) is 4.79 Å². The fourth-order valence-corrected chi connectivity index (χ4v) is 3.24. The van der Waals surface area contributed by atoms with Crippen LogP contribution in [0, 0.1) is 17.3 Å². The summed E-state index contributed by atoms with van der Waals surface area (Å²) >= 11 is 0. The number of hydrogen-bond acceptors (Lipinski definition) is 2. The summed E-state index contributed by atoms with van der Waals surface area (Å²) in [5, 5.41) is 0. The van der Waals surface area contributed by atoms with Gasteiger partial charge in [0.1, 0.15) is 0 Å². The number of esters is 1. The molecule has 0 saturated heterocycles. The topological polar surface area (TPSA) is 26.3 Å². The molecule has 0 aromatic heterocycles. The van der Waals surface area contributed by atoms with Crippen LogP contribution >= 0.6 is 0 Å². The minimum Gasteiger partial charge on any atom is -0.465 e. The van der Waals surface area contributed by atoms with Crippen LogP contribution in [0.3, 0.4) is 0 Å². The van der Waals surface area contributed by atoms with Gasteiger partial charge in [-0.15, -0.1) is 0 Å². The third-order valence-corrected chi connectivity index (χ3v) is 4.68. The van der Waals surface area contributed by atoms with Crippen LogP contribution in [0.2, 0.25) is 0 Å². The van der Waals surface area contributed by atoms with E-state index < -0.39 is 0 Å². The smallest absolute Gasteiger partial charge is 0.315 e. The lowest BCUT2D eigenvalue weighted by atomic mass is 9.88. The first kappa shape index (κ1) is 13.6. The average molecular weight is 250 g/mol. The van der Waals surface area contributed by atoms with E-state index in [2.05, 4.69) is 26.0 Å². The van der Waals surface area contributed by atoms with Gasteiger partial charge in [0.2, 0.25) is 0 Å². The number of unbranched alkanes of at least 4 members (excludes halogenated alkanes) is 1. The highest BCUT2D eigenvalue weighted by Crippen LogP contribution is 2.49. The fraction of sp³-hybridized carbons (Fsp3) is 0.812. The molecule has 2 heteroatoms. The molecule has 2 aliphatic carbocycles. The molecule has 0 N–H and O–H groups in total. The molecule has 2 aliphatic rings. The number of carbonyl (C=O) groups is 1. The molecule has 1 saturated carbocycles. The zero-order valence-corrected chi connectivity index (χ0v) is 11.8. The van der Waals surface area contributed by atoms with Gasteiger partial charge in [0.25, 0.3) is 0 Å². The number of ether oxygens (including phenoxy) is 1. The van der Waals surface area contributed by atoms with Crippen molar-refractivity contribution in [2.75, 3.05) is 6.61 Å². The first-order valence-corrected chi connectivity index (χ1v) is 7.56. The normalized spacial score (nSPS) is 30.7. The van der Waals surface area contributed by atoms with Gasteiger partial charge in [-0.05, 0) is 37.5 Å². The Kier molecular flexibility index (Phi) is 4.47. The molecule has 2 nitrogen and oxygen atoms in total. The second kappa shape index (κ2) is 5.90. The molecule has 102 valence electrons. The van der Waals surface area contributed by atoms with Crippen LogP contribution in [0.4, 0.5) is 0 Å². The van der Waals surface area contributed by atoms with E-state index in [-0.39, 0.29) is 11.4 Å². The van der Waals surface area contributed by atoms with Crippen LogP contribution in [0.15, 0.2) is 12.2 Å². The quantitative estimate of drug-likeness (QED) is 0.502. The van der Waals surface area contributed by atoms with E-state index in [9.17, 15) is 4.79 Å². The zero-order chi connectivity index (χ0) is 13.0. The summed E-state index contributed by atoms with van der Waals surface area (Å²) in [4.78, 5) is 12.2. The summed E-state index contributed by atoms with van der Waals surface area (Å²) in [5.41, 5.74) is -0.242. The molecular weight excluding hydrogens is 224 g/mol. The maximum absolute atomic E-state index is 12.2. The second-order valence-corrected chi connectivity index (χ2v) is 6.03. The van der Waals surface area contributed by atoms with Crippen LogP contribution in [-0.2, 0) is 9.53 Å². The maximum Gasteiger partial charge on any atom is 0.315 e. The van der Waals surface area contributed by atoms with Crippen molar-refractivity contribution in [3.63, 3.8) is 0 Å². The maximum atomic E-state index is 12.2. The number of rotatable bonds is 7. The summed E-state index contributed by atoms with van der Waals surface area (Å²) in [5.74, 6) is 1.22. The van der Waals surface area contributed by atoms with Crippen molar-refractivity contribution >= 4 is 5.97 Å². The van der Waals surface area contributed by atoms with Gasteiger partial charge in [0.05, 0.1) is 12.0 Å². The van der Waals surface area contributed by atoms with Gasteiger partial charge in [0.15, 0.2) is 0 Å². The van der Waals surface area contributed by atoms with E-state index in [1.807, 2.05) is 0 Å².